The zero-order valence-corrected chi connectivity index (χ0v) is 13.8. The molecule has 2 aromatic carbocycles. The van der Waals surface area contributed by atoms with Crippen LogP contribution in [0.3, 0.4) is 0 Å². The number of fused-ring (bicyclic) bond motifs is 1. The van der Waals surface area contributed by atoms with Crippen LogP contribution in [0, 0.1) is 13.8 Å². The van der Waals surface area contributed by atoms with Gasteiger partial charge >= 0.3 is 0 Å². The first-order valence-electron chi connectivity index (χ1n) is 7.85. The van der Waals surface area contributed by atoms with Crippen LogP contribution in [0.25, 0.3) is 11.3 Å². The van der Waals surface area contributed by atoms with Crippen molar-refractivity contribution in [1.29, 1.82) is 0 Å². The zero-order chi connectivity index (χ0) is 17.2. The number of aryl methyl sites for hydroxylation is 2. The Labute approximate surface area is 144 Å². The summed E-state index contributed by atoms with van der Waals surface area (Å²) in [4.78, 5) is 8.95. The Morgan fingerprint density at radius 3 is 1.64 bits per heavy atom. The van der Waals surface area contributed by atoms with E-state index in [9.17, 15) is 0 Å². The largest absolute Gasteiger partial charge is 0.337 e. The average molecular weight is 332 g/mol. The maximum Gasteiger partial charge on any atom is 0.245 e. The third-order valence-electron chi connectivity index (χ3n) is 3.68. The fraction of sp³-hybridized carbons (Fsp3) is 0.111. The van der Waals surface area contributed by atoms with Gasteiger partial charge < -0.3 is 10.6 Å². The summed E-state index contributed by atoms with van der Waals surface area (Å²) in [5, 5.41) is 14.1. The standard InChI is InChI=1S/C18H16N6O/c1-11-5-3-7-13(9-11)19-15-16(20-14-8-4-6-12(2)10-14)22-18-17(21-15)23-25-24-18/h3-10H,1-2H3,(H,19,21,23)(H,20,22,24). The summed E-state index contributed by atoms with van der Waals surface area (Å²) in [6.45, 7) is 4.07. The summed E-state index contributed by atoms with van der Waals surface area (Å²) in [6, 6.07) is 16.0. The minimum Gasteiger partial charge on any atom is -0.337 e. The van der Waals surface area contributed by atoms with Crippen molar-refractivity contribution >= 4 is 34.3 Å². The van der Waals surface area contributed by atoms with Crippen LogP contribution in [0.4, 0.5) is 23.0 Å². The second-order valence-corrected chi connectivity index (χ2v) is 5.82. The molecule has 0 aliphatic heterocycles. The molecule has 0 aliphatic carbocycles. The number of benzene rings is 2. The molecule has 4 aromatic rings. The van der Waals surface area contributed by atoms with Gasteiger partial charge in [0.15, 0.2) is 11.6 Å². The summed E-state index contributed by atoms with van der Waals surface area (Å²) in [7, 11) is 0. The van der Waals surface area contributed by atoms with Gasteiger partial charge in [-0.2, -0.15) is 0 Å². The quantitative estimate of drug-likeness (QED) is 0.581. The van der Waals surface area contributed by atoms with E-state index in [1.807, 2.05) is 62.4 Å². The summed E-state index contributed by atoms with van der Waals surface area (Å²) in [5.74, 6) is 1.10. The molecular weight excluding hydrogens is 316 g/mol. The van der Waals surface area contributed by atoms with Crippen LogP contribution >= 0.6 is 0 Å². The van der Waals surface area contributed by atoms with E-state index in [2.05, 4.69) is 30.9 Å². The molecule has 2 N–H and O–H groups in total. The minimum absolute atomic E-state index is 0.352. The van der Waals surface area contributed by atoms with Crippen molar-refractivity contribution < 1.29 is 4.63 Å². The Morgan fingerprint density at radius 1 is 0.720 bits per heavy atom. The van der Waals surface area contributed by atoms with Gasteiger partial charge in [0.1, 0.15) is 0 Å². The van der Waals surface area contributed by atoms with Gasteiger partial charge in [-0.15, -0.1) is 0 Å². The van der Waals surface area contributed by atoms with Crippen LogP contribution in [0.1, 0.15) is 11.1 Å². The molecule has 0 amide bonds. The van der Waals surface area contributed by atoms with Crippen molar-refractivity contribution in [3.63, 3.8) is 0 Å². The van der Waals surface area contributed by atoms with Crippen LogP contribution in [0.5, 0.6) is 0 Å². The van der Waals surface area contributed by atoms with E-state index >= 15 is 0 Å². The molecule has 0 atom stereocenters. The van der Waals surface area contributed by atoms with Crippen molar-refractivity contribution in [2.24, 2.45) is 0 Å². The van der Waals surface area contributed by atoms with E-state index in [4.69, 9.17) is 4.63 Å². The van der Waals surface area contributed by atoms with Crippen LogP contribution in [-0.4, -0.2) is 20.3 Å². The van der Waals surface area contributed by atoms with Gasteiger partial charge in [0.05, 0.1) is 0 Å². The van der Waals surface area contributed by atoms with Gasteiger partial charge in [-0.25, -0.2) is 14.6 Å². The number of nitrogens with zero attached hydrogens (tertiary/aromatic N) is 4. The van der Waals surface area contributed by atoms with E-state index in [0.717, 1.165) is 22.5 Å². The highest BCUT2D eigenvalue weighted by atomic mass is 16.6. The molecule has 0 bridgehead atoms. The van der Waals surface area contributed by atoms with Gasteiger partial charge in [0.2, 0.25) is 11.3 Å². The van der Waals surface area contributed by atoms with Crippen LogP contribution in [0.2, 0.25) is 0 Å². The number of aromatic nitrogens is 4. The van der Waals surface area contributed by atoms with E-state index in [1.54, 1.807) is 0 Å². The molecule has 0 saturated carbocycles. The molecule has 25 heavy (non-hydrogen) atoms. The lowest BCUT2D eigenvalue weighted by Gasteiger charge is -2.12. The van der Waals surface area contributed by atoms with E-state index in [0.29, 0.717) is 22.9 Å². The molecule has 0 saturated heterocycles. The predicted octanol–water partition coefficient (Wildman–Crippen LogP) is 4.12. The fourth-order valence-electron chi connectivity index (χ4n) is 2.53. The smallest absolute Gasteiger partial charge is 0.245 e. The maximum atomic E-state index is 4.73. The molecule has 2 heterocycles. The second kappa shape index (κ2) is 6.20. The molecule has 0 spiro atoms. The third kappa shape index (κ3) is 3.25. The molecule has 0 aliphatic rings. The molecule has 7 nitrogen and oxygen atoms in total. The summed E-state index contributed by atoms with van der Waals surface area (Å²) in [5.41, 5.74) is 4.83. The Bertz CT molecular complexity index is 961. The van der Waals surface area contributed by atoms with Gasteiger partial charge in [-0.1, -0.05) is 24.3 Å². The van der Waals surface area contributed by atoms with Crippen molar-refractivity contribution in [3.05, 3.63) is 59.7 Å². The highest BCUT2D eigenvalue weighted by Crippen LogP contribution is 2.27. The Hall–Kier alpha value is -3.48. The summed E-state index contributed by atoms with van der Waals surface area (Å²) >= 11 is 0. The maximum absolute atomic E-state index is 4.73. The summed E-state index contributed by atoms with van der Waals surface area (Å²) < 4.78 is 4.73. The zero-order valence-electron chi connectivity index (χ0n) is 13.8. The third-order valence-corrected chi connectivity index (χ3v) is 3.68. The lowest BCUT2D eigenvalue weighted by Crippen LogP contribution is -2.03. The number of nitrogens with one attached hydrogen (secondary N) is 2. The fourth-order valence-corrected chi connectivity index (χ4v) is 2.53. The van der Waals surface area contributed by atoms with Gasteiger partial charge in [0.25, 0.3) is 0 Å². The molecular formula is C18H16N6O. The lowest BCUT2D eigenvalue weighted by molar-refractivity contribution is 0.314. The minimum atomic E-state index is 0.352. The predicted molar refractivity (Wildman–Crippen MR) is 96.3 cm³/mol. The second-order valence-electron chi connectivity index (χ2n) is 5.82. The van der Waals surface area contributed by atoms with E-state index in [1.165, 1.54) is 0 Å². The van der Waals surface area contributed by atoms with Crippen LogP contribution in [-0.2, 0) is 0 Å². The molecule has 0 unspecified atom stereocenters. The van der Waals surface area contributed by atoms with Crippen molar-refractivity contribution in [2.75, 3.05) is 10.6 Å². The monoisotopic (exact) mass is 332 g/mol. The van der Waals surface area contributed by atoms with Crippen molar-refractivity contribution in [1.82, 2.24) is 20.3 Å². The molecule has 4 rings (SSSR count). The van der Waals surface area contributed by atoms with Crippen molar-refractivity contribution in [2.45, 2.75) is 13.8 Å². The number of hydrogen-bond donors (Lipinski definition) is 2. The Morgan fingerprint density at radius 2 is 1.20 bits per heavy atom. The average Bonchev–Trinajstić information content (AvgIpc) is 3.02. The summed E-state index contributed by atoms with van der Waals surface area (Å²) in [6.07, 6.45) is 0. The first kappa shape index (κ1) is 15.1. The molecule has 7 heteroatoms. The van der Waals surface area contributed by atoms with E-state index in [-0.39, 0.29) is 0 Å². The topological polar surface area (TPSA) is 88.8 Å². The normalized spacial score (nSPS) is 10.8. The van der Waals surface area contributed by atoms with Crippen LogP contribution in [0.15, 0.2) is 53.2 Å². The molecule has 0 radical (unpaired) electrons. The number of anilines is 4. The van der Waals surface area contributed by atoms with E-state index < -0.39 is 0 Å². The Kier molecular flexibility index (Phi) is 3.74. The number of hydrogen-bond acceptors (Lipinski definition) is 7. The molecule has 2 aromatic heterocycles. The highest BCUT2D eigenvalue weighted by Gasteiger charge is 2.13. The van der Waals surface area contributed by atoms with Crippen molar-refractivity contribution in [3.8, 4) is 0 Å². The highest BCUT2D eigenvalue weighted by molar-refractivity contribution is 5.79. The van der Waals surface area contributed by atoms with Crippen LogP contribution < -0.4 is 10.6 Å². The Balaban J connectivity index is 1.75. The van der Waals surface area contributed by atoms with Gasteiger partial charge in [-0.05, 0) is 59.6 Å². The van der Waals surface area contributed by atoms with Gasteiger partial charge in [0, 0.05) is 11.4 Å². The first-order valence-corrected chi connectivity index (χ1v) is 7.85. The molecule has 124 valence electrons. The molecule has 0 fully saturated rings. The lowest BCUT2D eigenvalue weighted by atomic mass is 10.2. The first-order chi connectivity index (χ1) is 12.2. The SMILES string of the molecule is Cc1cccc(Nc2nc3nonc3nc2Nc2cccc(C)c2)c1. The number of rotatable bonds is 4. The van der Waals surface area contributed by atoms with Gasteiger partial charge in [-0.3, -0.25) is 0 Å².